The van der Waals surface area contributed by atoms with Crippen LogP contribution in [0.3, 0.4) is 0 Å². The Balaban J connectivity index is 1.30. The molecule has 8 nitrogen and oxygen atoms in total. The molecule has 5 atom stereocenters. The van der Waals surface area contributed by atoms with E-state index >= 15 is 4.39 Å². The average molecular weight is 697 g/mol. The van der Waals surface area contributed by atoms with Gasteiger partial charge in [0.15, 0.2) is 5.82 Å². The molecule has 11 heteroatoms. The van der Waals surface area contributed by atoms with Crippen molar-refractivity contribution in [1.82, 2.24) is 29.5 Å². The van der Waals surface area contributed by atoms with Crippen molar-refractivity contribution in [3.8, 4) is 17.2 Å². The highest BCUT2D eigenvalue weighted by molar-refractivity contribution is 6.43. The molecule has 1 N–H and O–H groups in total. The number of aryl methyl sites for hydroxylation is 3. The fraction of sp³-hybridized carbons (Fsp3) is 0.421. The summed E-state index contributed by atoms with van der Waals surface area (Å²) in [6.45, 7) is 5.51. The van der Waals surface area contributed by atoms with Gasteiger partial charge in [-0.05, 0) is 81.2 Å². The molecular weight excluding hydrogens is 660 g/mol. The number of halogens is 3. The summed E-state index contributed by atoms with van der Waals surface area (Å²) in [4.78, 5) is 21.0. The first-order chi connectivity index (χ1) is 23.7. The summed E-state index contributed by atoms with van der Waals surface area (Å²) in [6.07, 6.45) is 8.21. The van der Waals surface area contributed by atoms with E-state index < -0.39 is 5.82 Å². The quantitative estimate of drug-likeness (QED) is 0.186. The van der Waals surface area contributed by atoms with Gasteiger partial charge in [-0.15, -0.1) is 0 Å². The zero-order valence-corrected chi connectivity index (χ0v) is 28.9. The minimum absolute atomic E-state index is 0.0556. The maximum Gasteiger partial charge on any atom is 0.226 e. The third-order valence-electron chi connectivity index (χ3n) is 11.4. The number of carbonyl (C=O) groups is 1. The lowest BCUT2D eigenvalue weighted by Crippen LogP contribution is -2.41. The predicted molar refractivity (Wildman–Crippen MR) is 188 cm³/mol. The third kappa shape index (κ3) is 4.82. The summed E-state index contributed by atoms with van der Waals surface area (Å²) in [5.74, 6) is 0.270. The van der Waals surface area contributed by atoms with Gasteiger partial charge in [0.25, 0.3) is 0 Å². The van der Waals surface area contributed by atoms with Gasteiger partial charge in [0.05, 0.1) is 46.0 Å². The molecule has 0 unspecified atom stereocenters. The fourth-order valence-corrected chi connectivity index (χ4v) is 9.22. The van der Waals surface area contributed by atoms with Gasteiger partial charge >= 0.3 is 0 Å². The fourth-order valence-electron chi connectivity index (χ4n) is 8.83. The lowest BCUT2D eigenvalue weighted by molar-refractivity contribution is -0.133. The second kappa shape index (κ2) is 11.5. The Morgan fingerprint density at radius 3 is 2.69 bits per heavy atom. The first kappa shape index (κ1) is 31.0. The van der Waals surface area contributed by atoms with Gasteiger partial charge in [0.2, 0.25) is 5.91 Å². The number of hydrogen-bond donors (Lipinski definition) is 1. The Morgan fingerprint density at radius 2 is 2.00 bits per heavy atom. The largest absolute Gasteiger partial charge is 0.337 e. The molecule has 2 saturated carbocycles. The number of amides is 1. The molecule has 250 valence electrons. The Kier molecular flexibility index (Phi) is 7.31. The van der Waals surface area contributed by atoms with Crippen LogP contribution in [0.15, 0.2) is 42.7 Å². The lowest BCUT2D eigenvalue weighted by atomic mass is 9.79. The van der Waals surface area contributed by atoms with Crippen molar-refractivity contribution in [3.05, 3.63) is 81.1 Å². The first-order valence-corrected chi connectivity index (χ1v) is 18.0. The molecule has 1 amide bonds. The number of fused-ring (bicyclic) bond motifs is 4. The summed E-state index contributed by atoms with van der Waals surface area (Å²) in [7, 11) is 0. The highest BCUT2D eigenvalue weighted by atomic mass is 35.5. The molecule has 3 aromatic heterocycles. The van der Waals surface area contributed by atoms with Crippen molar-refractivity contribution in [1.29, 1.82) is 5.26 Å². The second-order valence-corrected chi connectivity index (χ2v) is 15.2. The van der Waals surface area contributed by atoms with Crippen LogP contribution < -0.4 is 5.32 Å². The van der Waals surface area contributed by atoms with Crippen LogP contribution in [-0.2, 0) is 11.2 Å². The topological polar surface area (TPSA) is 91.8 Å². The molecule has 0 spiro atoms. The van der Waals surface area contributed by atoms with E-state index in [0.717, 1.165) is 60.1 Å². The van der Waals surface area contributed by atoms with E-state index in [9.17, 15) is 10.1 Å². The Bertz CT molecular complexity index is 2220. The third-order valence-corrected chi connectivity index (χ3v) is 12.2. The predicted octanol–water partition coefficient (Wildman–Crippen LogP) is 8.03. The van der Waals surface area contributed by atoms with Crippen LogP contribution in [0.5, 0.6) is 0 Å². The van der Waals surface area contributed by atoms with E-state index in [2.05, 4.69) is 38.2 Å². The van der Waals surface area contributed by atoms with Crippen LogP contribution in [0.2, 0.25) is 10.0 Å². The summed E-state index contributed by atoms with van der Waals surface area (Å²) < 4.78 is 21.6. The summed E-state index contributed by atoms with van der Waals surface area (Å²) in [6, 6.07) is 12.1. The molecule has 49 heavy (non-hydrogen) atoms. The van der Waals surface area contributed by atoms with E-state index in [1.165, 1.54) is 0 Å². The number of nitrogens with zero attached hydrogens (tertiary/aromatic N) is 6. The van der Waals surface area contributed by atoms with Gasteiger partial charge in [0.1, 0.15) is 5.52 Å². The summed E-state index contributed by atoms with van der Waals surface area (Å²) in [5.41, 5.74) is 5.62. The van der Waals surface area contributed by atoms with Crippen LogP contribution in [0.1, 0.15) is 72.7 Å². The minimum atomic E-state index is -0.468. The Labute approximate surface area is 293 Å². The number of likely N-dealkylation sites (tertiary alicyclic amines) is 1. The highest BCUT2D eigenvalue weighted by Crippen LogP contribution is 2.52. The molecule has 6 heterocycles. The van der Waals surface area contributed by atoms with Crippen molar-refractivity contribution in [3.63, 3.8) is 0 Å². The lowest BCUT2D eigenvalue weighted by Gasteiger charge is -2.39. The van der Waals surface area contributed by atoms with E-state index in [0.29, 0.717) is 52.0 Å². The molecule has 10 rings (SSSR count). The van der Waals surface area contributed by atoms with Gasteiger partial charge in [0, 0.05) is 71.0 Å². The van der Waals surface area contributed by atoms with E-state index in [-0.39, 0.29) is 46.9 Å². The summed E-state index contributed by atoms with van der Waals surface area (Å²) in [5, 5.41) is 20.2. The SMILES string of the molecule is Cc1cnn([C@H]2C[C@H](c3cc4c(C)nc5c(F)c(-c6cccc(Cl)c6Cl)c(CCC#N)cc5c4n3[C@H]3[C@H]4CN[C@@H]3C4)N(C(=O)C3CC3)C2)c1. The van der Waals surface area contributed by atoms with Gasteiger partial charge < -0.3 is 14.8 Å². The van der Waals surface area contributed by atoms with Crippen LogP contribution in [-0.4, -0.2) is 49.3 Å². The monoisotopic (exact) mass is 695 g/mol. The first-order valence-electron chi connectivity index (χ1n) is 17.3. The van der Waals surface area contributed by atoms with Crippen LogP contribution in [0.25, 0.3) is 32.9 Å². The average Bonchev–Trinajstić information content (AvgIpc) is 3.54. The highest BCUT2D eigenvalue weighted by Gasteiger charge is 2.51. The molecule has 0 radical (unpaired) electrons. The maximum atomic E-state index is 17.1. The molecule has 3 saturated heterocycles. The zero-order valence-electron chi connectivity index (χ0n) is 27.4. The molecule has 2 bridgehead atoms. The maximum absolute atomic E-state index is 17.1. The van der Waals surface area contributed by atoms with Crippen molar-refractivity contribution in [2.75, 3.05) is 13.1 Å². The van der Waals surface area contributed by atoms with Gasteiger partial charge in [-0.1, -0.05) is 35.3 Å². The summed E-state index contributed by atoms with van der Waals surface area (Å²) >= 11 is 13.1. The van der Waals surface area contributed by atoms with Crippen molar-refractivity contribution >= 4 is 50.9 Å². The number of aromatic nitrogens is 4. The van der Waals surface area contributed by atoms with E-state index in [4.69, 9.17) is 28.2 Å². The number of nitrogens with one attached hydrogen (secondary N) is 1. The normalized spacial score (nSPS) is 24.6. The van der Waals surface area contributed by atoms with Crippen molar-refractivity contribution in [2.45, 2.75) is 76.5 Å². The smallest absolute Gasteiger partial charge is 0.226 e. The van der Waals surface area contributed by atoms with E-state index in [1.807, 2.05) is 30.8 Å². The molecule has 2 aromatic carbocycles. The van der Waals surface area contributed by atoms with Gasteiger partial charge in [-0.2, -0.15) is 10.4 Å². The molecule has 5 aliphatic rings. The number of carbonyl (C=O) groups excluding carboxylic acids is 1. The van der Waals surface area contributed by atoms with Crippen LogP contribution >= 0.6 is 23.2 Å². The van der Waals surface area contributed by atoms with Gasteiger partial charge in [-0.3, -0.25) is 9.48 Å². The standard InChI is InChI=1S/C38H36Cl2FN7O/c1-19-15-44-47(17-19)24-13-30(46(18-24)38(49)21-8-9-21)31-14-26-20(2)45-35-27(37(26)48(31)36-23-12-29(36)43-16-23)11-22(5-4-10-42)32(34(35)41)25-6-3-7-28(39)33(25)40/h3,6-7,11,14-15,17,21,23-24,29-30,36,43H,4-5,8-9,12-13,16,18H2,1-2H3/t23-,24+,29-,30-,36+/m1/s1. The number of hydrogen-bond acceptors (Lipinski definition) is 5. The van der Waals surface area contributed by atoms with Gasteiger partial charge in [-0.25, -0.2) is 9.37 Å². The minimum Gasteiger partial charge on any atom is -0.337 e. The number of nitriles is 1. The zero-order chi connectivity index (χ0) is 33.7. The van der Waals surface area contributed by atoms with Crippen molar-refractivity contribution < 1.29 is 9.18 Å². The molecule has 5 fully saturated rings. The molecule has 5 aromatic rings. The second-order valence-electron chi connectivity index (χ2n) is 14.4. The molecule has 3 aliphatic heterocycles. The number of benzene rings is 2. The number of rotatable bonds is 7. The van der Waals surface area contributed by atoms with Crippen LogP contribution in [0, 0.1) is 42.8 Å². The van der Waals surface area contributed by atoms with Crippen LogP contribution in [0.4, 0.5) is 4.39 Å². The Morgan fingerprint density at radius 1 is 1.16 bits per heavy atom. The molecule has 2 aliphatic carbocycles. The van der Waals surface area contributed by atoms with Crippen molar-refractivity contribution in [2.24, 2.45) is 11.8 Å². The Hall–Kier alpha value is -3.97. The number of pyridine rings is 1. The molecular formula is C38H36Cl2FN7O. The van der Waals surface area contributed by atoms with E-state index in [1.54, 1.807) is 18.2 Å².